The van der Waals surface area contributed by atoms with Crippen LogP contribution in [0.15, 0.2) is 30.3 Å². The monoisotopic (exact) mass is 231 g/mol. The summed E-state index contributed by atoms with van der Waals surface area (Å²) in [6.45, 7) is 3.20. The molecule has 1 spiro atoms. The van der Waals surface area contributed by atoms with Crippen molar-refractivity contribution in [3.63, 3.8) is 0 Å². The van der Waals surface area contributed by atoms with Crippen LogP contribution in [-0.4, -0.2) is 25.3 Å². The summed E-state index contributed by atoms with van der Waals surface area (Å²) in [7, 11) is 0. The topological polar surface area (TPSA) is 21.3 Å². The zero-order chi connectivity index (χ0) is 11.6. The summed E-state index contributed by atoms with van der Waals surface area (Å²) in [6, 6.07) is 10.8. The Balaban J connectivity index is 1.60. The van der Waals surface area contributed by atoms with E-state index in [1.165, 1.54) is 31.2 Å². The molecule has 1 aromatic carbocycles. The van der Waals surface area contributed by atoms with Gasteiger partial charge in [-0.25, -0.2) is 0 Å². The van der Waals surface area contributed by atoms with E-state index in [4.69, 9.17) is 4.74 Å². The molecule has 2 heteroatoms. The summed E-state index contributed by atoms with van der Waals surface area (Å²) >= 11 is 0. The molecule has 0 saturated carbocycles. The van der Waals surface area contributed by atoms with Crippen molar-refractivity contribution < 1.29 is 4.74 Å². The predicted molar refractivity (Wildman–Crippen MR) is 69.0 cm³/mol. The van der Waals surface area contributed by atoms with Crippen LogP contribution in [0.5, 0.6) is 0 Å². The van der Waals surface area contributed by atoms with Crippen molar-refractivity contribution in [2.45, 2.75) is 31.3 Å². The highest BCUT2D eigenvalue weighted by atomic mass is 16.5. The molecule has 2 aliphatic heterocycles. The van der Waals surface area contributed by atoms with Crippen molar-refractivity contribution in [1.82, 2.24) is 5.32 Å². The lowest BCUT2D eigenvalue weighted by molar-refractivity contribution is -0.0196. The van der Waals surface area contributed by atoms with Crippen LogP contribution in [0.3, 0.4) is 0 Å². The van der Waals surface area contributed by atoms with Crippen LogP contribution in [0, 0.1) is 5.92 Å². The summed E-state index contributed by atoms with van der Waals surface area (Å²) in [4.78, 5) is 0. The quantitative estimate of drug-likeness (QED) is 0.844. The third-order valence-corrected chi connectivity index (χ3v) is 4.17. The zero-order valence-electron chi connectivity index (χ0n) is 10.3. The maximum absolute atomic E-state index is 6.13. The Bertz CT molecular complexity index is 356. The molecule has 1 aromatic rings. The average molecular weight is 231 g/mol. The van der Waals surface area contributed by atoms with Gasteiger partial charge in [0, 0.05) is 0 Å². The summed E-state index contributed by atoms with van der Waals surface area (Å²) in [6.07, 6.45) is 4.82. The molecule has 92 valence electrons. The number of hydrogen-bond donors (Lipinski definition) is 1. The first-order valence-corrected chi connectivity index (χ1v) is 6.75. The predicted octanol–water partition coefficient (Wildman–Crippen LogP) is 2.39. The van der Waals surface area contributed by atoms with Gasteiger partial charge in [-0.15, -0.1) is 0 Å². The van der Waals surface area contributed by atoms with Crippen LogP contribution < -0.4 is 5.32 Å². The van der Waals surface area contributed by atoms with E-state index >= 15 is 0 Å². The molecule has 0 amide bonds. The molecule has 0 radical (unpaired) electrons. The summed E-state index contributed by atoms with van der Waals surface area (Å²) in [5, 5.41) is 3.42. The van der Waals surface area contributed by atoms with Crippen LogP contribution in [0.1, 0.15) is 24.8 Å². The van der Waals surface area contributed by atoms with Gasteiger partial charge in [-0.1, -0.05) is 30.3 Å². The SMILES string of the molecule is c1ccc(C[C@H]2COC3(CCNCC3)C2)cc1. The lowest BCUT2D eigenvalue weighted by Crippen LogP contribution is -2.41. The Labute approximate surface area is 103 Å². The van der Waals surface area contributed by atoms with Gasteiger partial charge in [0.2, 0.25) is 0 Å². The maximum Gasteiger partial charge on any atom is 0.0710 e. The first-order chi connectivity index (χ1) is 8.36. The number of piperidine rings is 1. The number of ether oxygens (including phenoxy) is 1. The van der Waals surface area contributed by atoms with Crippen molar-refractivity contribution in [2.24, 2.45) is 5.92 Å². The van der Waals surface area contributed by atoms with Crippen molar-refractivity contribution in [2.75, 3.05) is 19.7 Å². The fourth-order valence-electron chi connectivity index (χ4n) is 3.25. The summed E-state index contributed by atoms with van der Waals surface area (Å²) in [5.74, 6) is 0.718. The highest BCUT2D eigenvalue weighted by Crippen LogP contribution is 2.38. The van der Waals surface area contributed by atoms with Gasteiger partial charge < -0.3 is 10.1 Å². The van der Waals surface area contributed by atoms with Gasteiger partial charge in [-0.3, -0.25) is 0 Å². The van der Waals surface area contributed by atoms with Crippen LogP contribution in [0.25, 0.3) is 0 Å². The first-order valence-electron chi connectivity index (χ1n) is 6.75. The molecule has 1 N–H and O–H groups in total. The smallest absolute Gasteiger partial charge is 0.0710 e. The summed E-state index contributed by atoms with van der Waals surface area (Å²) < 4.78 is 6.13. The minimum atomic E-state index is 0.213. The van der Waals surface area contributed by atoms with E-state index in [2.05, 4.69) is 35.6 Å². The second kappa shape index (κ2) is 4.79. The van der Waals surface area contributed by atoms with Gasteiger partial charge >= 0.3 is 0 Å². The molecule has 0 unspecified atom stereocenters. The van der Waals surface area contributed by atoms with Gasteiger partial charge in [-0.2, -0.15) is 0 Å². The number of benzene rings is 1. The molecular weight excluding hydrogens is 210 g/mol. The van der Waals surface area contributed by atoms with E-state index in [1.54, 1.807) is 0 Å². The van der Waals surface area contributed by atoms with Gasteiger partial charge in [0.15, 0.2) is 0 Å². The molecule has 2 heterocycles. The maximum atomic E-state index is 6.13. The van der Waals surface area contributed by atoms with Crippen LogP contribution in [-0.2, 0) is 11.2 Å². The van der Waals surface area contributed by atoms with Crippen LogP contribution in [0.4, 0.5) is 0 Å². The average Bonchev–Trinajstić information content (AvgIpc) is 2.74. The van der Waals surface area contributed by atoms with Crippen LogP contribution >= 0.6 is 0 Å². The van der Waals surface area contributed by atoms with Crippen molar-refractivity contribution in [3.05, 3.63) is 35.9 Å². The number of nitrogens with one attached hydrogen (secondary N) is 1. The van der Waals surface area contributed by atoms with E-state index in [0.717, 1.165) is 25.6 Å². The Kier molecular flexibility index (Phi) is 3.17. The second-order valence-corrected chi connectivity index (χ2v) is 5.50. The van der Waals surface area contributed by atoms with Gasteiger partial charge in [0.05, 0.1) is 12.2 Å². The second-order valence-electron chi connectivity index (χ2n) is 5.50. The summed E-state index contributed by atoms with van der Waals surface area (Å²) in [5.41, 5.74) is 1.66. The normalized spacial score (nSPS) is 27.4. The van der Waals surface area contributed by atoms with Crippen molar-refractivity contribution in [1.29, 1.82) is 0 Å². The first kappa shape index (κ1) is 11.2. The molecule has 2 fully saturated rings. The third-order valence-electron chi connectivity index (χ3n) is 4.17. The minimum absolute atomic E-state index is 0.213. The molecule has 2 aliphatic rings. The molecule has 1 atom stereocenters. The Morgan fingerprint density at radius 3 is 2.71 bits per heavy atom. The molecule has 0 bridgehead atoms. The van der Waals surface area contributed by atoms with E-state index in [-0.39, 0.29) is 5.60 Å². The fraction of sp³-hybridized carbons (Fsp3) is 0.600. The number of rotatable bonds is 2. The molecule has 3 rings (SSSR count). The van der Waals surface area contributed by atoms with Gasteiger partial charge in [-0.05, 0) is 50.3 Å². The van der Waals surface area contributed by atoms with E-state index in [1.807, 2.05) is 0 Å². The Morgan fingerprint density at radius 1 is 1.18 bits per heavy atom. The van der Waals surface area contributed by atoms with E-state index < -0.39 is 0 Å². The van der Waals surface area contributed by atoms with E-state index in [9.17, 15) is 0 Å². The fourth-order valence-corrected chi connectivity index (χ4v) is 3.25. The Hall–Kier alpha value is -0.860. The molecule has 0 aromatic heterocycles. The minimum Gasteiger partial charge on any atom is -0.375 e. The standard InChI is InChI=1S/C15H21NO/c1-2-4-13(5-3-1)10-14-11-15(17-12-14)6-8-16-9-7-15/h1-5,14,16H,6-12H2/t14-/m1/s1. The lowest BCUT2D eigenvalue weighted by Gasteiger charge is -2.33. The van der Waals surface area contributed by atoms with Crippen molar-refractivity contribution >= 4 is 0 Å². The largest absolute Gasteiger partial charge is 0.375 e. The van der Waals surface area contributed by atoms with Gasteiger partial charge in [0.25, 0.3) is 0 Å². The number of hydrogen-bond acceptors (Lipinski definition) is 2. The third kappa shape index (κ3) is 2.53. The molecular formula is C15H21NO. The lowest BCUT2D eigenvalue weighted by atomic mass is 9.84. The van der Waals surface area contributed by atoms with Crippen LogP contribution in [0.2, 0.25) is 0 Å². The Morgan fingerprint density at radius 2 is 1.94 bits per heavy atom. The highest BCUT2D eigenvalue weighted by molar-refractivity contribution is 5.15. The molecule has 2 saturated heterocycles. The molecule has 0 aliphatic carbocycles. The van der Waals surface area contributed by atoms with Gasteiger partial charge in [0.1, 0.15) is 0 Å². The molecule has 2 nitrogen and oxygen atoms in total. The van der Waals surface area contributed by atoms with Crippen molar-refractivity contribution in [3.8, 4) is 0 Å². The zero-order valence-corrected chi connectivity index (χ0v) is 10.3. The highest BCUT2D eigenvalue weighted by Gasteiger charge is 2.40. The molecule has 17 heavy (non-hydrogen) atoms. The van der Waals surface area contributed by atoms with E-state index in [0.29, 0.717) is 0 Å².